The fraction of sp³-hybridized carbons (Fsp3) is 0.812. The second-order valence-corrected chi connectivity index (χ2v) is 7.55. The molecule has 4 fully saturated rings. The number of aliphatic hydroxyl groups is 2. The topological polar surface area (TPSA) is 66.8 Å². The van der Waals surface area contributed by atoms with Gasteiger partial charge in [-0.1, -0.05) is 6.58 Å². The zero-order valence-electron chi connectivity index (χ0n) is 12.1. The summed E-state index contributed by atoms with van der Waals surface area (Å²) in [6, 6.07) is 0. The van der Waals surface area contributed by atoms with Crippen molar-refractivity contribution < 1.29 is 19.7 Å². The van der Waals surface area contributed by atoms with E-state index < -0.39 is 6.29 Å². The van der Waals surface area contributed by atoms with Gasteiger partial charge in [0.05, 0.1) is 6.61 Å². The molecule has 0 saturated heterocycles. The van der Waals surface area contributed by atoms with E-state index in [1.54, 1.807) is 6.92 Å². The largest absolute Gasteiger partial charge is 0.462 e. The van der Waals surface area contributed by atoms with Gasteiger partial charge >= 0.3 is 5.97 Å². The average Bonchev–Trinajstić information content (AvgIpc) is 2.34. The number of rotatable bonds is 4. The van der Waals surface area contributed by atoms with Crippen LogP contribution in [-0.2, 0) is 9.53 Å². The minimum atomic E-state index is -1.25. The smallest absolute Gasteiger partial charge is 0.333 e. The Morgan fingerprint density at radius 1 is 1.30 bits per heavy atom. The van der Waals surface area contributed by atoms with Crippen molar-refractivity contribution in [2.45, 2.75) is 51.7 Å². The van der Waals surface area contributed by atoms with Crippen molar-refractivity contribution in [3.8, 4) is 0 Å². The maximum atomic E-state index is 11.6. The van der Waals surface area contributed by atoms with E-state index in [4.69, 9.17) is 4.74 Å². The van der Waals surface area contributed by atoms with E-state index in [1.165, 1.54) is 6.42 Å². The summed E-state index contributed by atoms with van der Waals surface area (Å²) < 4.78 is 5.41. The Morgan fingerprint density at radius 3 is 2.40 bits per heavy atom. The van der Waals surface area contributed by atoms with E-state index in [1.807, 2.05) is 0 Å². The van der Waals surface area contributed by atoms with Crippen molar-refractivity contribution in [2.24, 2.45) is 22.7 Å². The third kappa shape index (κ3) is 2.19. The quantitative estimate of drug-likeness (QED) is 0.469. The van der Waals surface area contributed by atoms with E-state index >= 15 is 0 Å². The van der Waals surface area contributed by atoms with Crippen molar-refractivity contribution in [1.29, 1.82) is 0 Å². The van der Waals surface area contributed by atoms with Crippen molar-refractivity contribution in [3.05, 3.63) is 12.2 Å². The first-order chi connectivity index (χ1) is 9.34. The maximum Gasteiger partial charge on any atom is 0.333 e. The van der Waals surface area contributed by atoms with Crippen LogP contribution < -0.4 is 0 Å². The van der Waals surface area contributed by atoms with Gasteiger partial charge in [-0.25, -0.2) is 4.79 Å². The fourth-order valence-electron chi connectivity index (χ4n) is 5.34. The van der Waals surface area contributed by atoms with Crippen LogP contribution in [0.4, 0.5) is 0 Å². The molecule has 4 bridgehead atoms. The van der Waals surface area contributed by atoms with E-state index in [0.29, 0.717) is 24.0 Å². The number of ether oxygens (including phenoxy) is 1. The Kier molecular flexibility index (Phi) is 3.22. The predicted octanol–water partition coefficient (Wildman–Crippen LogP) is 2.00. The number of carbonyl (C=O) groups excluding carboxylic acids is 1. The number of hydrogen-bond acceptors (Lipinski definition) is 4. The molecule has 0 aromatic heterocycles. The Bertz CT molecular complexity index is 426. The molecular formula is C16H24O4. The highest BCUT2D eigenvalue weighted by molar-refractivity contribution is 5.86. The van der Waals surface area contributed by atoms with Crippen molar-refractivity contribution >= 4 is 5.97 Å². The predicted molar refractivity (Wildman–Crippen MR) is 73.5 cm³/mol. The standard InChI is InChI=1S/C16H24O4/c1-10(2)13(17)20-9-15-4-11-3-12(5-15)7-16(6-11,8-15)14(18)19/h11-12,14,18-19H,1,3-9H2,2H3. The zero-order valence-corrected chi connectivity index (χ0v) is 12.1. The minimum absolute atomic E-state index is 0.0428. The normalized spacial score (nSPS) is 42.0. The molecule has 4 heteroatoms. The second-order valence-electron chi connectivity index (χ2n) is 7.55. The summed E-state index contributed by atoms with van der Waals surface area (Å²) in [5.41, 5.74) is 0.0187. The third-order valence-corrected chi connectivity index (χ3v) is 5.63. The summed E-state index contributed by atoms with van der Waals surface area (Å²) in [4.78, 5) is 11.6. The summed E-state index contributed by atoms with van der Waals surface area (Å²) in [5.74, 6) is 0.780. The summed E-state index contributed by atoms with van der Waals surface area (Å²) in [6.07, 6.45) is 4.67. The van der Waals surface area contributed by atoms with Gasteiger partial charge in [-0.15, -0.1) is 0 Å². The summed E-state index contributed by atoms with van der Waals surface area (Å²) >= 11 is 0. The van der Waals surface area contributed by atoms with Crippen LogP contribution in [0.5, 0.6) is 0 Å². The summed E-state index contributed by atoms with van der Waals surface area (Å²) in [6.45, 7) is 5.66. The van der Waals surface area contributed by atoms with Crippen LogP contribution >= 0.6 is 0 Å². The first-order valence-corrected chi connectivity index (χ1v) is 7.53. The van der Waals surface area contributed by atoms with Crippen molar-refractivity contribution in [3.63, 3.8) is 0 Å². The molecule has 2 N–H and O–H groups in total. The summed E-state index contributed by atoms with van der Waals surface area (Å²) in [7, 11) is 0. The highest BCUT2D eigenvalue weighted by Crippen LogP contribution is 2.66. The van der Waals surface area contributed by atoms with Crippen LogP contribution in [0.2, 0.25) is 0 Å². The van der Waals surface area contributed by atoms with Gasteiger partial charge in [0.25, 0.3) is 0 Å². The second kappa shape index (κ2) is 4.57. The van der Waals surface area contributed by atoms with Crippen LogP contribution in [0, 0.1) is 22.7 Å². The molecule has 2 unspecified atom stereocenters. The Hall–Kier alpha value is -0.870. The van der Waals surface area contributed by atoms with Crippen LogP contribution in [0.1, 0.15) is 45.4 Å². The van der Waals surface area contributed by atoms with Crippen LogP contribution in [0.3, 0.4) is 0 Å². The van der Waals surface area contributed by atoms with Crippen molar-refractivity contribution in [2.75, 3.05) is 6.61 Å². The molecule has 4 aliphatic rings. The van der Waals surface area contributed by atoms with Gasteiger partial charge in [-0.05, 0) is 57.3 Å². The van der Waals surface area contributed by atoms with Gasteiger partial charge in [0, 0.05) is 16.4 Å². The van der Waals surface area contributed by atoms with Crippen LogP contribution in [-0.4, -0.2) is 29.1 Å². The minimum Gasteiger partial charge on any atom is -0.462 e. The van der Waals surface area contributed by atoms with Gasteiger partial charge < -0.3 is 14.9 Å². The highest BCUT2D eigenvalue weighted by Gasteiger charge is 2.60. The Morgan fingerprint density at radius 2 is 1.90 bits per heavy atom. The maximum absolute atomic E-state index is 11.6. The average molecular weight is 280 g/mol. The SMILES string of the molecule is C=C(C)C(=O)OCC12CC3CC(C1)CC(C(O)O)(C3)C2. The molecule has 112 valence electrons. The molecule has 4 aliphatic carbocycles. The molecule has 4 nitrogen and oxygen atoms in total. The summed E-state index contributed by atoms with van der Waals surface area (Å²) in [5, 5.41) is 19.7. The molecule has 0 radical (unpaired) electrons. The number of esters is 1. The lowest BCUT2D eigenvalue weighted by atomic mass is 9.44. The molecule has 2 atom stereocenters. The van der Waals surface area contributed by atoms with E-state index in [0.717, 1.165) is 32.1 Å². The molecule has 4 saturated carbocycles. The lowest BCUT2D eigenvalue weighted by Crippen LogP contribution is -2.57. The molecule has 0 aliphatic heterocycles. The number of hydrogen-bond donors (Lipinski definition) is 2. The van der Waals surface area contributed by atoms with Crippen molar-refractivity contribution in [1.82, 2.24) is 0 Å². The molecule has 4 rings (SSSR count). The van der Waals surface area contributed by atoms with Gasteiger partial charge in [-0.2, -0.15) is 0 Å². The van der Waals surface area contributed by atoms with E-state index in [-0.39, 0.29) is 16.8 Å². The molecule has 0 aromatic rings. The number of aliphatic hydroxyl groups excluding tert-OH is 1. The van der Waals surface area contributed by atoms with E-state index in [2.05, 4.69) is 6.58 Å². The monoisotopic (exact) mass is 280 g/mol. The molecule has 0 amide bonds. The van der Waals surface area contributed by atoms with Crippen LogP contribution in [0.25, 0.3) is 0 Å². The van der Waals surface area contributed by atoms with Gasteiger partial charge in [0.1, 0.15) is 0 Å². The Balaban J connectivity index is 1.77. The molecule has 0 heterocycles. The third-order valence-electron chi connectivity index (χ3n) is 5.63. The molecule has 0 spiro atoms. The highest BCUT2D eigenvalue weighted by atomic mass is 16.5. The molecule has 0 aromatic carbocycles. The van der Waals surface area contributed by atoms with Crippen LogP contribution in [0.15, 0.2) is 12.2 Å². The first-order valence-electron chi connectivity index (χ1n) is 7.53. The first kappa shape index (κ1) is 14.1. The molecule has 20 heavy (non-hydrogen) atoms. The van der Waals surface area contributed by atoms with Gasteiger partial charge in [0.2, 0.25) is 0 Å². The van der Waals surface area contributed by atoms with Gasteiger partial charge in [0.15, 0.2) is 6.29 Å². The Labute approximate surface area is 119 Å². The molecular weight excluding hydrogens is 256 g/mol. The fourth-order valence-corrected chi connectivity index (χ4v) is 5.34. The van der Waals surface area contributed by atoms with E-state index in [9.17, 15) is 15.0 Å². The van der Waals surface area contributed by atoms with Gasteiger partial charge in [-0.3, -0.25) is 0 Å². The number of carbonyl (C=O) groups is 1. The lowest BCUT2D eigenvalue weighted by molar-refractivity contribution is -0.232. The lowest BCUT2D eigenvalue weighted by Gasteiger charge is -2.62. The zero-order chi connectivity index (χ0) is 14.5.